The lowest BCUT2D eigenvalue weighted by molar-refractivity contribution is -0.275. The Labute approximate surface area is 119 Å². The molecule has 1 aromatic heterocycles. The Bertz CT molecular complexity index is 644. The molecule has 0 aliphatic rings. The highest BCUT2D eigenvalue weighted by atomic mass is 19.4. The number of aliphatic hydroxyl groups is 1. The van der Waals surface area contributed by atoms with Gasteiger partial charge in [-0.15, -0.1) is 13.2 Å². The number of nitrogen functional groups attached to an aromatic ring is 1. The minimum atomic E-state index is -4.84. The molecule has 21 heavy (non-hydrogen) atoms. The molecule has 0 aliphatic heterocycles. The van der Waals surface area contributed by atoms with Gasteiger partial charge in [-0.05, 0) is 24.6 Å². The number of hydrogen-bond donors (Lipinski definition) is 2. The first-order valence-electron chi connectivity index (χ1n) is 6.02. The molecule has 1 aromatic carbocycles. The Morgan fingerprint density at radius 2 is 1.90 bits per heavy atom. The second-order valence-corrected chi connectivity index (χ2v) is 4.48. The van der Waals surface area contributed by atoms with Crippen LogP contribution in [0.3, 0.4) is 0 Å². The molecule has 1 unspecified atom stereocenters. The molecular formula is C14H13F3N2O2. The number of halogens is 3. The number of hydrogen-bond acceptors (Lipinski definition) is 4. The Balaban J connectivity index is 2.44. The molecule has 0 saturated carbocycles. The molecule has 0 spiro atoms. The fraction of sp³-hybridized carbons (Fsp3) is 0.214. The first-order valence-corrected chi connectivity index (χ1v) is 6.02. The van der Waals surface area contributed by atoms with E-state index in [4.69, 9.17) is 5.73 Å². The van der Waals surface area contributed by atoms with Crippen molar-refractivity contribution in [2.45, 2.75) is 19.4 Å². The van der Waals surface area contributed by atoms with E-state index in [0.29, 0.717) is 0 Å². The maximum absolute atomic E-state index is 12.4. The number of benzene rings is 1. The Kier molecular flexibility index (Phi) is 4.04. The standard InChI is InChI=1S/C14H13F3N2O2/c1-8-6-10(13(18)19-7-8)12(20)9-4-2-3-5-11(9)21-14(15,16)17/h2-7,12,20H,1H3,(H2,18,19). The van der Waals surface area contributed by atoms with E-state index in [-0.39, 0.29) is 16.9 Å². The SMILES string of the molecule is Cc1cnc(N)c(C(O)c2ccccc2OC(F)(F)F)c1. The third-order valence-corrected chi connectivity index (χ3v) is 2.82. The van der Waals surface area contributed by atoms with Crippen LogP contribution < -0.4 is 10.5 Å². The van der Waals surface area contributed by atoms with Crippen molar-refractivity contribution in [3.8, 4) is 5.75 Å². The number of nitrogens with two attached hydrogens (primary N) is 1. The van der Waals surface area contributed by atoms with Gasteiger partial charge in [-0.25, -0.2) is 4.98 Å². The smallest absolute Gasteiger partial charge is 0.405 e. The van der Waals surface area contributed by atoms with E-state index < -0.39 is 18.2 Å². The minimum absolute atomic E-state index is 0.0334. The van der Waals surface area contributed by atoms with Gasteiger partial charge in [-0.3, -0.25) is 0 Å². The summed E-state index contributed by atoms with van der Waals surface area (Å²) in [7, 11) is 0. The zero-order chi connectivity index (χ0) is 15.6. The minimum Gasteiger partial charge on any atom is -0.405 e. The molecule has 0 radical (unpaired) electrons. The number of aromatic nitrogens is 1. The van der Waals surface area contributed by atoms with Crippen LogP contribution in [0.25, 0.3) is 0 Å². The second-order valence-electron chi connectivity index (χ2n) is 4.48. The molecule has 0 fully saturated rings. The monoisotopic (exact) mass is 298 g/mol. The third kappa shape index (κ3) is 3.63. The van der Waals surface area contributed by atoms with Crippen LogP contribution in [0.5, 0.6) is 5.75 Å². The number of rotatable bonds is 3. The van der Waals surface area contributed by atoms with Crippen LogP contribution >= 0.6 is 0 Å². The summed E-state index contributed by atoms with van der Waals surface area (Å²) in [5, 5.41) is 10.3. The van der Waals surface area contributed by atoms with Crippen molar-refractivity contribution in [1.29, 1.82) is 0 Å². The molecule has 0 aliphatic carbocycles. The average Bonchev–Trinajstić information content (AvgIpc) is 2.39. The van der Waals surface area contributed by atoms with E-state index in [1.165, 1.54) is 24.4 Å². The number of ether oxygens (including phenoxy) is 1. The first-order chi connectivity index (χ1) is 9.78. The summed E-state index contributed by atoms with van der Waals surface area (Å²) in [6.07, 6.45) is -4.70. The van der Waals surface area contributed by atoms with Gasteiger partial charge in [0.05, 0.1) is 0 Å². The lowest BCUT2D eigenvalue weighted by atomic mass is 10.00. The topological polar surface area (TPSA) is 68.4 Å². The molecule has 3 N–H and O–H groups in total. The van der Waals surface area contributed by atoms with Crippen LogP contribution in [0.1, 0.15) is 22.8 Å². The van der Waals surface area contributed by atoms with Crippen LogP contribution in [-0.2, 0) is 0 Å². The van der Waals surface area contributed by atoms with Crippen LogP contribution in [0.2, 0.25) is 0 Å². The number of para-hydroxylation sites is 1. The van der Waals surface area contributed by atoms with E-state index in [0.717, 1.165) is 11.6 Å². The van der Waals surface area contributed by atoms with Gasteiger partial charge < -0.3 is 15.6 Å². The highest BCUT2D eigenvalue weighted by Gasteiger charge is 2.33. The maximum Gasteiger partial charge on any atom is 0.573 e. The van der Waals surface area contributed by atoms with E-state index in [1.54, 1.807) is 13.0 Å². The highest BCUT2D eigenvalue weighted by molar-refractivity contribution is 5.49. The van der Waals surface area contributed by atoms with Crippen molar-refractivity contribution in [2.24, 2.45) is 0 Å². The van der Waals surface area contributed by atoms with Crippen LogP contribution in [0.15, 0.2) is 36.5 Å². The number of pyridine rings is 1. The van der Waals surface area contributed by atoms with Gasteiger partial charge in [-0.1, -0.05) is 18.2 Å². The summed E-state index contributed by atoms with van der Waals surface area (Å²) in [5.74, 6) is -0.423. The summed E-state index contributed by atoms with van der Waals surface area (Å²) >= 11 is 0. The number of nitrogens with zero attached hydrogens (tertiary/aromatic N) is 1. The molecule has 1 atom stereocenters. The van der Waals surface area contributed by atoms with E-state index >= 15 is 0 Å². The molecule has 7 heteroatoms. The van der Waals surface area contributed by atoms with Crippen LogP contribution in [0.4, 0.5) is 19.0 Å². The van der Waals surface area contributed by atoms with E-state index in [9.17, 15) is 18.3 Å². The van der Waals surface area contributed by atoms with Crippen LogP contribution in [0, 0.1) is 6.92 Å². The Hall–Kier alpha value is -2.28. The van der Waals surface area contributed by atoms with Crippen molar-refractivity contribution < 1.29 is 23.0 Å². The summed E-state index contributed by atoms with van der Waals surface area (Å²) in [6.45, 7) is 1.74. The maximum atomic E-state index is 12.4. The summed E-state index contributed by atoms with van der Waals surface area (Å²) < 4.78 is 41.1. The predicted molar refractivity (Wildman–Crippen MR) is 70.6 cm³/mol. The predicted octanol–water partition coefficient (Wildman–Crippen LogP) is 2.95. The quantitative estimate of drug-likeness (QED) is 0.914. The molecule has 0 saturated heterocycles. The van der Waals surface area contributed by atoms with E-state index in [2.05, 4.69) is 9.72 Å². The zero-order valence-corrected chi connectivity index (χ0v) is 11.1. The lowest BCUT2D eigenvalue weighted by Gasteiger charge is -2.18. The van der Waals surface area contributed by atoms with E-state index in [1.807, 2.05) is 0 Å². The fourth-order valence-electron chi connectivity index (χ4n) is 1.91. The van der Waals surface area contributed by atoms with Crippen molar-refractivity contribution in [1.82, 2.24) is 4.98 Å². The first kappa shape index (κ1) is 15.1. The van der Waals surface area contributed by atoms with Gasteiger partial charge in [0.2, 0.25) is 0 Å². The number of aryl methyl sites for hydroxylation is 1. The third-order valence-electron chi connectivity index (χ3n) is 2.82. The average molecular weight is 298 g/mol. The van der Waals surface area contributed by atoms with Crippen molar-refractivity contribution >= 4 is 5.82 Å². The van der Waals surface area contributed by atoms with Gasteiger partial charge in [0.25, 0.3) is 0 Å². The number of alkyl halides is 3. The molecule has 0 bridgehead atoms. The zero-order valence-electron chi connectivity index (χ0n) is 11.1. The van der Waals surface area contributed by atoms with Crippen molar-refractivity contribution in [3.63, 3.8) is 0 Å². The Morgan fingerprint density at radius 3 is 2.57 bits per heavy atom. The fourth-order valence-corrected chi connectivity index (χ4v) is 1.91. The highest BCUT2D eigenvalue weighted by Crippen LogP contribution is 2.34. The summed E-state index contributed by atoms with van der Waals surface area (Å²) in [6, 6.07) is 6.92. The molecule has 2 aromatic rings. The molecule has 112 valence electrons. The molecular weight excluding hydrogens is 285 g/mol. The molecule has 1 heterocycles. The Morgan fingerprint density at radius 1 is 1.24 bits per heavy atom. The van der Waals surface area contributed by atoms with Gasteiger partial charge in [-0.2, -0.15) is 0 Å². The second kappa shape index (κ2) is 5.61. The van der Waals surface area contributed by atoms with Gasteiger partial charge in [0, 0.05) is 17.3 Å². The lowest BCUT2D eigenvalue weighted by Crippen LogP contribution is -2.19. The van der Waals surface area contributed by atoms with Gasteiger partial charge in [0.1, 0.15) is 17.7 Å². The molecule has 0 amide bonds. The van der Waals surface area contributed by atoms with Crippen molar-refractivity contribution in [2.75, 3.05) is 5.73 Å². The number of aliphatic hydroxyl groups excluding tert-OH is 1. The van der Waals surface area contributed by atoms with Gasteiger partial charge >= 0.3 is 6.36 Å². The largest absolute Gasteiger partial charge is 0.573 e. The molecule has 2 rings (SSSR count). The van der Waals surface area contributed by atoms with Crippen molar-refractivity contribution in [3.05, 3.63) is 53.2 Å². The normalized spacial score (nSPS) is 13.0. The van der Waals surface area contributed by atoms with Crippen LogP contribution in [-0.4, -0.2) is 16.5 Å². The van der Waals surface area contributed by atoms with Gasteiger partial charge in [0.15, 0.2) is 0 Å². The summed E-state index contributed by atoms with van der Waals surface area (Å²) in [5.41, 5.74) is 6.60. The molecule has 4 nitrogen and oxygen atoms in total. The number of anilines is 1. The summed E-state index contributed by atoms with van der Waals surface area (Å²) in [4.78, 5) is 3.88.